The average Bonchev–Trinajstić information content (AvgIpc) is 2.29. The normalized spacial score (nSPS) is 13.3. The smallest absolute Gasteiger partial charge is 0.185 e. The van der Waals surface area contributed by atoms with E-state index in [-0.39, 0.29) is 5.60 Å². The van der Waals surface area contributed by atoms with E-state index in [2.05, 4.69) is 19.6 Å². The van der Waals surface area contributed by atoms with Crippen LogP contribution in [-0.2, 0) is 10.0 Å². The van der Waals surface area contributed by atoms with E-state index in [9.17, 15) is 0 Å². The van der Waals surface area contributed by atoms with E-state index in [0.29, 0.717) is 0 Å². The Hall–Kier alpha value is -0.543. The van der Waals surface area contributed by atoms with Crippen LogP contribution in [0.1, 0.15) is 19.6 Å². The molecule has 0 amide bonds. The Morgan fingerprint density at radius 3 is 2.31 bits per heavy atom. The molecule has 1 heterocycles. The van der Waals surface area contributed by atoms with Crippen LogP contribution < -0.4 is 0 Å². The standard InChI is InChI=1S/C10H18O2Si/c1-10(2,12-13(3,4)5)9-7-6-8-11-9/h6-8H,1-5H3. The Kier molecular flexibility index (Phi) is 2.68. The van der Waals surface area contributed by atoms with Gasteiger partial charge in [-0.1, -0.05) is 0 Å². The largest absolute Gasteiger partial charge is 0.466 e. The molecule has 0 radical (unpaired) electrons. The summed E-state index contributed by atoms with van der Waals surface area (Å²) < 4.78 is 11.4. The second-order valence-corrected chi connectivity index (χ2v) is 9.13. The molecule has 0 atom stereocenters. The zero-order valence-electron chi connectivity index (χ0n) is 9.05. The molecule has 0 spiro atoms. The van der Waals surface area contributed by atoms with Crippen molar-refractivity contribution in [2.75, 3.05) is 0 Å². The fraction of sp³-hybridized carbons (Fsp3) is 0.600. The lowest BCUT2D eigenvalue weighted by Gasteiger charge is -2.31. The molecule has 2 nitrogen and oxygen atoms in total. The monoisotopic (exact) mass is 198 g/mol. The summed E-state index contributed by atoms with van der Waals surface area (Å²) >= 11 is 0. The fourth-order valence-electron chi connectivity index (χ4n) is 1.44. The van der Waals surface area contributed by atoms with Gasteiger partial charge in [-0.3, -0.25) is 0 Å². The lowest BCUT2D eigenvalue weighted by molar-refractivity contribution is 0.0744. The molecule has 74 valence electrons. The summed E-state index contributed by atoms with van der Waals surface area (Å²) in [6.07, 6.45) is 1.69. The molecule has 0 saturated carbocycles. The Bertz CT molecular complexity index is 257. The number of rotatable bonds is 3. The van der Waals surface area contributed by atoms with Crippen LogP contribution in [0.15, 0.2) is 22.8 Å². The molecule has 13 heavy (non-hydrogen) atoms. The van der Waals surface area contributed by atoms with Gasteiger partial charge >= 0.3 is 0 Å². The van der Waals surface area contributed by atoms with Crippen molar-refractivity contribution in [1.29, 1.82) is 0 Å². The first-order chi connectivity index (χ1) is 5.81. The summed E-state index contributed by atoms with van der Waals surface area (Å²) in [5.41, 5.74) is -0.298. The van der Waals surface area contributed by atoms with Gasteiger partial charge in [0.05, 0.1) is 6.26 Å². The minimum absolute atomic E-state index is 0.298. The van der Waals surface area contributed by atoms with E-state index in [1.807, 2.05) is 26.0 Å². The topological polar surface area (TPSA) is 22.4 Å². The van der Waals surface area contributed by atoms with Crippen molar-refractivity contribution in [2.45, 2.75) is 39.1 Å². The van der Waals surface area contributed by atoms with Crippen molar-refractivity contribution in [3.63, 3.8) is 0 Å². The molecule has 0 aliphatic carbocycles. The SMILES string of the molecule is CC(C)(O[Si](C)(C)C)c1ccco1. The molecule has 1 aromatic rings. The van der Waals surface area contributed by atoms with Crippen molar-refractivity contribution in [1.82, 2.24) is 0 Å². The Labute approximate surface area is 81.0 Å². The van der Waals surface area contributed by atoms with Gasteiger partial charge in [0.25, 0.3) is 0 Å². The zero-order valence-corrected chi connectivity index (χ0v) is 10.0. The molecule has 0 fully saturated rings. The van der Waals surface area contributed by atoms with Crippen LogP contribution in [0.2, 0.25) is 19.6 Å². The molecular weight excluding hydrogens is 180 g/mol. The third-order valence-electron chi connectivity index (χ3n) is 1.68. The van der Waals surface area contributed by atoms with E-state index in [1.54, 1.807) is 6.26 Å². The van der Waals surface area contributed by atoms with Gasteiger partial charge in [-0.15, -0.1) is 0 Å². The van der Waals surface area contributed by atoms with Crippen molar-refractivity contribution in [3.8, 4) is 0 Å². The summed E-state index contributed by atoms with van der Waals surface area (Å²) in [5, 5.41) is 0. The van der Waals surface area contributed by atoms with Crippen LogP contribution >= 0.6 is 0 Å². The summed E-state index contributed by atoms with van der Waals surface area (Å²) in [6, 6.07) is 3.85. The molecule has 0 bridgehead atoms. The van der Waals surface area contributed by atoms with Gasteiger partial charge in [0, 0.05) is 0 Å². The van der Waals surface area contributed by atoms with Crippen molar-refractivity contribution in [2.24, 2.45) is 0 Å². The van der Waals surface area contributed by atoms with Gasteiger partial charge in [-0.25, -0.2) is 0 Å². The molecule has 0 N–H and O–H groups in total. The summed E-state index contributed by atoms with van der Waals surface area (Å²) in [6.45, 7) is 10.6. The van der Waals surface area contributed by atoms with Crippen molar-refractivity contribution in [3.05, 3.63) is 24.2 Å². The van der Waals surface area contributed by atoms with Crippen LogP contribution in [0, 0.1) is 0 Å². The van der Waals surface area contributed by atoms with Crippen LogP contribution in [0.3, 0.4) is 0 Å². The predicted octanol–water partition coefficient (Wildman–Crippen LogP) is 3.37. The molecule has 3 heteroatoms. The molecule has 0 saturated heterocycles. The minimum Gasteiger partial charge on any atom is -0.466 e. The van der Waals surface area contributed by atoms with Crippen LogP contribution in [-0.4, -0.2) is 8.32 Å². The van der Waals surface area contributed by atoms with Crippen LogP contribution in [0.5, 0.6) is 0 Å². The van der Waals surface area contributed by atoms with Gasteiger partial charge < -0.3 is 8.84 Å². The quantitative estimate of drug-likeness (QED) is 0.695. The van der Waals surface area contributed by atoms with E-state index in [4.69, 9.17) is 8.84 Å². The first kappa shape index (κ1) is 10.5. The number of furan rings is 1. The van der Waals surface area contributed by atoms with E-state index >= 15 is 0 Å². The Balaban J connectivity index is 2.78. The molecule has 0 aliphatic heterocycles. The third-order valence-corrected chi connectivity index (χ3v) is 2.80. The lowest BCUT2D eigenvalue weighted by atomic mass is 10.1. The van der Waals surface area contributed by atoms with Gasteiger partial charge in [0.2, 0.25) is 0 Å². The van der Waals surface area contributed by atoms with E-state index in [0.717, 1.165) is 5.76 Å². The zero-order chi connectivity index (χ0) is 10.1. The molecule has 0 unspecified atom stereocenters. The Morgan fingerprint density at radius 1 is 1.31 bits per heavy atom. The van der Waals surface area contributed by atoms with E-state index < -0.39 is 8.32 Å². The fourth-order valence-corrected chi connectivity index (χ4v) is 3.07. The molecule has 0 aliphatic rings. The number of hydrogen-bond acceptors (Lipinski definition) is 2. The van der Waals surface area contributed by atoms with Gasteiger partial charge in [0.1, 0.15) is 11.4 Å². The summed E-state index contributed by atoms with van der Waals surface area (Å²) in [4.78, 5) is 0. The maximum atomic E-state index is 6.01. The highest BCUT2D eigenvalue weighted by Crippen LogP contribution is 2.28. The first-order valence-electron chi connectivity index (χ1n) is 4.55. The van der Waals surface area contributed by atoms with Crippen LogP contribution in [0.25, 0.3) is 0 Å². The first-order valence-corrected chi connectivity index (χ1v) is 7.96. The lowest BCUT2D eigenvalue weighted by Crippen LogP contribution is -2.36. The number of hydrogen-bond donors (Lipinski definition) is 0. The molecule has 1 rings (SSSR count). The second kappa shape index (κ2) is 3.31. The van der Waals surface area contributed by atoms with E-state index in [1.165, 1.54) is 0 Å². The van der Waals surface area contributed by atoms with Crippen molar-refractivity contribution >= 4 is 8.32 Å². The highest BCUT2D eigenvalue weighted by Gasteiger charge is 2.30. The highest BCUT2D eigenvalue weighted by atomic mass is 28.4. The predicted molar refractivity (Wildman–Crippen MR) is 56.2 cm³/mol. The Morgan fingerprint density at radius 2 is 1.92 bits per heavy atom. The third kappa shape index (κ3) is 3.01. The highest BCUT2D eigenvalue weighted by molar-refractivity contribution is 6.69. The summed E-state index contributed by atoms with van der Waals surface area (Å²) in [7, 11) is -1.51. The average molecular weight is 198 g/mol. The van der Waals surface area contributed by atoms with Gasteiger partial charge in [-0.2, -0.15) is 0 Å². The molecular formula is C10H18O2Si. The van der Waals surface area contributed by atoms with Gasteiger partial charge in [0.15, 0.2) is 8.32 Å². The maximum absolute atomic E-state index is 6.01. The molecule has 0 aromatic carbocycles. The second-order valence-electron chi connectivity index (χ2n) is 4.70. The maximum Gasteiger partial charge on any atom is 0.185 e. The van der Waals surface area contributed by atoms with Gasteiger partial charge in [-0.05, 0) is 45.6 Å². The van der Waals surface area contributed by atoms with Crippen molar-refractivity contribution < 1.29 is 8.84 Å². The molecule has 1 aromatic heterocycles. The minimum atomic E-state index is -1.51. The summed E-state index contributed by atoms with van der Waals surface area (Å²) in [5.74, 6) is 0.898. The van der Waals surface area contributed by atoms with Crippen LogP contribution in [0.4, 0.5) is 0 Å².